The van der Waals surface area contributed by atoms with Gasteiger partial charge in [-0.1, -0.05) is 28.1 Å². The van der Waals surface area contributed by atoms with Crippen LogP contribution in [0.15, 0.2) is 53.1 Å². The van der Waals surface area contributed by atoms with E-state index in [0.29, 0.717) is 6.61 Å². The second-order valence-electron chi connectivity index (χ2n) is 4.61. The van der Waals surface area contributed by atoms with Crippen molar-refractivity contribution in [2.45, 2.75) is 13.5 Å². The molecule has 96 valence electrons. The van der Waals surface area contributed by atoms with Gasteiger partial charge in [0.1, 0.15) is 12.4 Å². The lowest BCUT2D eigenvalue weighted by Gasteiger charge is -2.05. The van der Waals surface area contributed by atoms with Gasteiger partial charge in [-0.15, -0.1) is 0 Å². The molecule has 1 heterocycles. The number of aromatic amines is 1. The average Bonchev–Trinajstić information content (AvgIpc) is 2.80. The fraction of sp³-hybridized carbons (Fsp3) is 0.125. The van der Waals surface area contributed by atoms with Crippen LogP contribution in [-0.2, 0) is 6.61 Å². The van der Waals surface area contributed by atoms with E-state index in [1.807, 2.05) is 30.5 Å². The van der Waals surface area contributed by atoms with Crippen LogP contribution in [0.4, 0.5) is 0 Å². The Morgan fingerprint density at radius 3 is 2.68 bits per heavy atom. The molecule has 2 nitrogen and oxygen atoms in total. The molecule has 0 saturated heterocycles. The summed E-state index contributed by atoms with van der Waals surface area (Å²) in [6.45, 7) is 2.67. The molecule has 2 aromatic carbocycles. The number of hydrogen-bond donors (Lipinski definition) is 1. The molecule has 1 aromatic heterocycles. The Kier molecular flexibility index (Phi) is 3.30. The number of benzene rings is 2. The summed E-state index contributed by atoms with van der Waals surface area (Å²) in [6.07, 6.45) is 2.02. The van der Waals surface area contributed by atoms with Gasteiger partial charge in [-0.05, 0) is 42.8 Å². The van der Waals surface area contributed by atoms with E-state index in [0.717, 1.165) is 15.7 Å². The first-order valence-electron chi connectivity index (χ1n) is 6.17. The fourth-order valence-electron chi connectivity index (χ4n) is 2.11. The molecule has 0 amide bonds. The monoisotopic (exact) mass is 315 g/mol. The summed E-state index contributed by atoms with van der Waals surface area (Å²) in [4.78, 5) is 3.29. The van der Waals surface area contributed by atoms with E-state index in [2.05, 4.69) is 46.0 Å². The highest BCUT2D eigenvalue weighted by atomic mass is 79.9. The summed E-state index contributed by atoms with van der Waals surface area (Å²) in [6, 6.07) is 14.3. The van der Waals surface area contributed by atoms with Gasteiger partial charge in [0.25, 0.3) is 0 Å². The molecule has 0 aliphatic rings. The first-order valence-corrected chi connectivity index (χ1v) is 6.97. The van der Waals surface area contributed by atoms with Crippen LogP contribution in [0.25, 0.3) is 10.9 Å². The molecule has 0 aliphatic heterocycles. The van der Waals surface area contributed by atoms with Crippen molar-refractivity contribution in [3.8, 4) is 5.75 Å². The van der Waals surface area contributed by atoms with E-state index in [4.69, 9.17) is 4.74 Å². The molecular formula is C16H14BrNO. The number of ether oxygens (including phenoxy) is 1. The minimum atomic E-state index is 0.574. The van der Waals surface area contributed by atoms with E-state index >= 15 is 0 Å². The number of fused-ring (bicyclic) bond motifs is 1. The van der Waals surface area contributed by atoms with E-state index in [-0.39, 0.29) is 0 Å². The number of aromatic nitrogens is 1. The van der Waals surface area contributed by atoms with E-state index in [1.54, 1.807) is 0 Å². The van der Waals surface area contributed by atoms with Crippen LogP contribution in [0, 0.1) is 6.92 Å². The van der Waals surface area contributed by atoms with Crippen molar-refractivity contribution in [3.63, 3.8) is 0 Å². The lowest BCUT2D eigenvalue weighted by molar-refractivity contribution is 0.307. The maximum atomic E-state index is 5.80. The fourth-order valence-corrected chi connectivity index (χ4v) is 2.38. The summed E-state index contributed by atoms with van der Waals surface area (Å²) in [7, 11) is 0. The maximum Gasteiger partial charge on any atom is 0.119 e. The Hall–Kier alpha value is -1.74. The molecular weight excluding hydrogens is 302 g/mol. The first kappa shape index (κ1) is 12.3. The van der Waals surface area contributed by atoms with Crippen molar-refractivity contribution < 1.29 is 4.74 Å². The zero-order valence-corrected chi connectivity index (χ0v) is 12.2. The largest absolute Gasteiger partial charge is 0.489 e. The zero-order valence-electron chi connectivity index (χ0n) is 10.6. The molecule has 0 aliphatic carbocycles. The summed E-state index contributed by atoms with van der Waals surface area (Å²) in [5, 5.41) is 1.22. The maximum absolute atomic E-state index is 5.80. The normalized spacial score (nSPS) is 10.8. The minimum absolute atomic E-state index is 0.574. The highest BCUT2D eigenvalue weighted by Crippen LogP contribution is 2.22. The highest BCUT2D eigenvalue weighted by molar-refractivity contribution is 9.10. The van der Waals surface area contributed by atoms with Crippen LogP contribution < -0.4 is 4.74 Å². The van der Waals surface area contributed by atoms with Gasteiger partial charge in [0.05, 0.1) is 0 Å². The molecule has 0 unspecified atom stereocenters. The third-order valence-corrected chi connectivity index (χ3v) is 3.66. The minimum Gasteiger partial charge on any atom is -0.489 e. The van der Waals surface area contributed by atoms with Crippen LogP contribution in [0.5, 0.6) is 5.75 Å². The summed E-state index contributed by atoms with van der Waals surface area (Å²) >= 11 is 3.41. The van der Waals surface area contributed by atoms with Gasteiger partial charge >= 0.3 is 0 Å². The number of halogens is 1. The highest BCUT2D eigenvalue weighted by Gasteiger charge is 2.04. The number of nitrogens with one attached hydrogen (secondary N) is 1. The van der Waals surface area contributed by atoms with Gasteiger partial charge in [-0.25, -0.2) is 0 Å². The molecule has 19 heavy (non-hydrogen) atoms. The smallest absolute Gasteiger partial charge is 0.119 e. The van der Waals surface area contributed by atoms with Gasteiger partial charge in [0.15, 0.2) is 0 Å². The molecule has 1 N–H and O–H groups in total. The van der Waals surface area contributed by atoms with Crippen LogP contribution in [0.2, 0.25) is 0 Å². The van der Waals surface area contributed by atoms with Gasteiger partial charge < -0.3 is 9.72 Å². The summed E-state index contributed by atoms with van der Waals surface area (Å²) in [5.74, 6) is 0.879. The molecule has 3 aromatic rings. The Morgan fingerprint density at radius 2 is 1.89 bits per heavy atom. The number of rotatable bonds is 3. The standard InChI is InChI=1S/C16H14BrNO/c1-11-2-7-15-12(9-18-16(15)8-11)10-19-14-5-3-13(17)4-6-14/h2-9,18H,10H2,1H3. The second kappa shape index (κ2) is 5.10. The lowest BCUT2D eigenvalue weighted by atomic mass is 10.1. The molecule has 0 spiro atoms. The molecule has 3 heteroatoms. The van der Waals surface area contributed by atoms with Gasteiger partial charge in [-0.2, -0.15) is 0 Å². The molecule has 0 bridgehead atoms. The van der Waals surface area contributed by atoms with Crippen LogP contribution in [0.1, 0.15) is 11.1 Å². The quantitative estimate of drug-likeness (QED) is 0.736. The zero-order chi connectivity index (χ0) is 13.2. The van der Waals surface area contributed by atoms with Crippen molar-refractivity contribution in [3.05, 3.63) is 64.3 Å². The van der Waals surface area contributed by atoms with Gasteiger partial charge in [0.2, 0.25) is 0 Å². The SMILES string of the molecule is Cc1ccc2c(COc3ccc(Br)cc3)c[nH]c2c1. The van der Waals surface area contributed by atoms with Crippen molar-refractivity contribution in [1.82, 2.24) is 4.98 Å². The van der Waals surface area contributed by atoms with Crippen molar-refractivity contribution in [2.75, 3.05) is 0 Å². The number of hydrogen-bond acceptors (Lipinski definition) is 1. The van der Waals surface area contributed by atoms with Crippen LogP contribution in [0.3, 0.4) is 0 Å². The Morgan fingerprint density at radius 1 is 1.11 bits per heavy atom. The molecule has 0 fully saturated rings. The summed E-state index contributed by atoms with van der Waals surface area (Å²) in [5.41, 5.74) is 3.60. The Labute approximate surface area is 120 Å². The Balaban J connectivity index is 1.80. The van der Waals surface area contributed by atoms with Gasteiger partial charge in [-0.3, -0.25) is 0 Å². The average molecular weight is 316 g/mol. The first-order chi connectivity index (χ1) is 9.22. The number of H-pyrrole nitrogens is 1. The Bertz CT molecular complexity index is 700. The molecule has 0 radical (unpaired) electrons. The summed E-state index contributed by atoms with van der Waals surface area (Å²) < 4.78 is 6.86. The van der Waals surface area contributed by atoms with Crippen molar-refractivity contribution in [1.29, 1.82) is 0 Å². The lowest BCUT2D eigenvalue weighted by Crippen LogP contribution is -1.94. The van der Waals surface area contributed by atoms with Crippen molar-refractivity contribution >= 4 is 26.8 Å². The van der Waals surface area contributed by atoms with E-state index in [1.165, 1.54) is 16.5 Å². The van der Waals surface area contributed by atoms with Crippen LogP contribution in [-0.4, -0.2) is 4.98 Å². The molecule has 0 atom stereocenters. The van der Waals surface area contributed by atoms with Gasteiger partial charge in [0, 0.05) is 27.1 Å². The predicted molar refractivity (Wildman–Crippen MR) is 81.5 cm³/mol. The third kappa shape index (κ3) is 2.66. The van der Waals surface area contributed by atoms with Crippen LogP contribution >= 0.6 is 15.9 Å². The second-order valence-corrected chi connectivity index (χ2v) is 5.52. The van der Waals surface area contributed by atoms with E-state index in [9.17, 15) is 0 Å². The molecule has 3 rings (SSSR count). The third-order valence-electron chi connectivity index (χ3n) is 3.13. The molecule has 0 saturated carbocycles. The topological polar surface area (TPSA) is 25.0 Å². The predicted octanol–water partition coefficient (Wildman–Crippen LogP) is 4.82. The van der Waals surface area contributed by atoms with E-state index < -0.39 is 0 Å². The van der Waals surface area contributed by atoms with Crippen molar-refractivity contribution in [2.24, 2.45) is 0 Å². The number of aryl methyl sites for hydroxylation is 1.